The van der Waals surface area contributed by atoms with Crippen molar-refractivity contribution in [3.05, 3.63) is 131 Å². The summed E-state index contributed by atoms with van der Waals surface area (Å²) in [6, 6.07) is 27.3. The number of halogens is 1. The van der Waals surface area contributed by atoms with Crippen LogP contribution in [0.15, 0.2) is 108 Å². The Bertz CT molecular complexity index is 1680. The Morgan fingerprint density at radius 2 is 1.38 bits per heavy atom. The van der Waals surface area contributed by atoms with Crippen LogP contribution in [0.3, 0.4) is 0 Å². The maximum atomic E-state index is 14.5. The molecule has 4 aromatic carbocycles. The van der Waals surface area contributed by atoms with E-state index in [4.69, 9.17) is 0 Å². The molecular weight excluding hydrogens is 589 g/mol. The molecule has 1 N–H and O–H groups in total. The van der Waals surface area contributed by atoms with Gasteiger partial charge in [-0.2, -0.15) is 0 Å². The lowest BCUT2D eigenvalue weighted by Crippen LogP contribution is -2.54. The second-order valence-corrected chi connectivity index (χ2v) is 13.2. The summed E-state index contributed by atoms with van der Waals surface area (Å²) in [5.74, 6) is -1.45. The second-order valence-electron chi connectivity index (χ2n) is 11.3. The molecule has 0 heterocycles. The third-order valence-electron chi connectivity index (χ3n) is 7.75. The molecule has 0 aromatic heterocycles. The van der Waals surface area contributed by atoms with Crippen LogP contribution >= 0.6 is 0 Å². The van der Waals surface area contributed by atoms with E-state index in [0.29, 0.717) is 6.42 Å². The fraction of sp³-hybridized carbons (Fsp3) is 0.278. The molecule has 0 aliphatic rings. The van der Waals surface area contributed by atoms with Crippen molar-refractivity contribution < 1.29 is 22.4 Å². The first-order valence-corrected chi connectivity index (χ1v) is 16.5. The van der Waals surface area contributed by atoms with Crippen LogP contribution in [-0.2, 0) is 32.6 Å². The molecule has 0 spiro atoms. The summed E-state index contributed by atoms with van der Waals surface area (Å²) in [6.45, 7) is 7.22. The van der Waals surface area contributed by atoms with Crippen molar-refractivity contribution in [1.29, 1.82) is 0 Å². The topological polar surface area (TPSA) is 86.8 Å². The SMILES string of the molecule is CC[C@@H](C)NC(=O)[C@H](Cc1ccccc1)N(Cc1ccc(C)cc1)C(=O)CN(c1ccc(C)cc1)S(=O)(=O)c1ccc(F)cc1. The van der Waals surface area contributed by atoms with Crippen LogP contribution in [0.1, 0.15) is 42.5 Å². The zero-order valence-electron chi connectivity index (χ0n) is 26.1. The van der Waals surface area contributed by atoms with E-state index in [9.17, 15) is 22.4 Å². The maximum Gasteiger partial charge on any atom is 0.264 e. The minimum Gasteiger partial charge on any atom is -0.352 e. The Kier molecular flexibility index (Phi) is 11.1. The van der Waals surface area contributed by atoms with Gasteiger partial charge in [-0.05, 0) is 74.7 Å². The van der Waals surface area contributed by atoms with E-state index in [1.54, 1.807) is 24.3 Å². The fourth-order valence-corrected chi connectivity index (χ4v) is 6.27. The predicted molar refractivity (Wildman–Crippen MR) is 176 cm³/mol. The Labute approximate surface area is 265 Å². The second kappa shape index (κ2) is 15.0. The summed E-state index contributed by atoms with van der Waals surface area (Å²) in [5.41, 5.74) is 3.89. The highest BCUT2D eigenvalue weighted by Gasteiger charge is 2.35. The van der Waals surface area contributed by atoms with Crippen LogP contribution in [0.2, 0.25) is 0 Å². The van der Waals surface area contributed by atoms with Crippen LogP contribution in [0.5, 0.6) is 0 Å². The number of hydrogen-bond acceptors (Lipinski definition) is 4. The van der Waals surface area contributed by atoms with Crippen LogP contribution in [-0.4, -0.2) is 43.8 Å². The number of anilines is 1. The first-order valence-electron chi connectivity index (χ1n) is 15.0. The summed E-state index contributed by atoms with van der Waals surface area (Å²) in [7, 11) is -4.30. The number of hydrogen-bond donors (Lipinski definition) is 1. The highest BCUT2D eigenvalue weighted by Crippen LogP contribution is 2.26. The highest BCUT2D eigenvalue weighted by atomic mass is 32.2. The maximum absolute atomic E-state index is 14.5. The zero-order chi connectivity index (χ0) is 32.6. The molecule has 0 aliphatic carbocycles. The molecule has 0 unspecified atom stereocenters. The smallest absolute Gasteiger partial charge is 0.264 e. The standard InChI is InChI=1S/C36H40FN3O4S/c1-5-28(4)38-36(42)34(23-29-9-7-6-8-10-29)39(24-30-15-11-26(2)12-16-30)35(41)25-40(32-19-13-27(3)14-20-32)45(43,44)33-21-17-31(37)18-22-33/h6-22,28,34H,5,23-25H2,1-4H3,(H,38,42)/t28-,34+/m1/s1. The van der Waals surface area contributed by atoms with Crippen molar-refractivity contribution in [3.8, 4) is 0 Å². The molecule has 0 bridgehead atoms. The van der Waals surface area contributed by atoms with Gasteiger partial charge in [-0.15, -0.1) is 0 Å². The van der Waals surface area contributed by atoms with E-state index in [0.717, 1.165) is 38.7 Å². The molecule has 236 valence electrons. The van der Waals surface area contributed by atoms with Gasteiger partial charge in [0.25, 0.3) is 10.0 Å². The largest absolute Gasteiger partial charge is 0.352 e. The number of nitrogens with one attached hydrogen (secondary N) is 1. The van der Waals surface area contributed by atoms with Gasteiger partial charge >= 0.3 is 0 Å². The number of nitrogens with zero attached hydrogens (tertiary/aromatic N) is 2. The van der Waals surface area contributed by atoms with Gasteiger partial charge in [0.15, 0.2) is 0 Å². The van der Waals surface area contributed by atoms with E-state index < -0.39 is 34.3 Å². The summed E-state index contributed by atoms with van der Waals surface area (Å²) < 4.78 is 42.8. The van der Waals surface area contributed by atoms with Crippen LogP contribution in [0, 0.1) is 19.7 Å². The number of benzene rings is 4. The third-order valence-corrected chi connectivity index (χ3v) is 9.54. The van der Waals surface area contributed by atoms with Crippen molar-refractivity contribution in [3.63, 3.8) is 0 Å². The fourth-order valence-electron chi connectivity index (χ4n) is 4.86. The molecule has 0 fully saturated rings. The van der Waals surface area contributed by atoms with Gasteiger partial charge in [-0.3, -0.25) is 13.9 Å². The average molecular weight is 630 g/mol. The summed E-state index contributed by atoms with van der Waals surface area (Å²) >= 11 is 0. The molecule has 2 amide bonds. The van der Waals surface area contributed by atoms with Crippen molar-refractivity contribution in [2.45, 2.75) is 64.1 Å². The van der Waals surface area contributed by atoms with Gasteiger partial charge in [0.1, 0.15) is 18.4 Å². The van der Waals surface area contributed by atoms with E-state index in [1.807, 2.05) is 82.3 Å². The molecule has 45 heavy (non-hydrogen) atoms. The summed E-state index contributed by atoms with van der Waals surface area (Å²) in [6.07, 6.45) is 0.933. The Hall–Kier alpha value is -4.50. The molecule has 9 heteroatoms. The molecule has 2 atom stereocenters. The van der Waals surface area contributed by atoms with Crippen molar-refractivity contribution >= 4 is 27.5 Å². The quantitative estimate of drug-likeness (QED) is 0.191. The predicted octanol–water partition coefficient (Wildman–Crippen LogP) is 6.19. The van der Waals surface area contributed by atoms with Crippen molar-refractivity contribution in [2.24, 2.45) is 0 Å². The van der Waals surface area contributed by atoms with Crippen LogP contribution < -0.4 is 9.62 Å². The molecule has 0 aliphatic heterocycles. The normalized spacial score (nSPS) is 12.6. The Morgan fingerprint density at radius 1 is 0.800 bits per heavy atom. The van der Waals surface area contributed by atoms with E-state index in [-0.39, 0.29) is 35.5 Å². The number of carbonyl (C=O) groups is 2. The van der Waals surface area contributed by atoms with Gasteiger partial charge in [-0.25, -0.2) is 12.8 Å². The number of carbonyl (C=O) groups excluding carboxylic acids is 2. The lowest BCUT2D eigenvalue weighted by Gasteiger charge is -2.34. The number of aryl methyl sites for hydroxylation is 2. The van der Waals surface area contributed by atoms with Crippen molar-refractivity contribution in [2.75, 3.05) is 10.8 Å². The van der Waals surface area contributed by atoms with Gasteiger partial charge in [0, 0.05) is 19.0 Å². The molecule has 4 rings (SSSR count). The first kappa shape index (κ1) is 33.4. The molecular formula is C36H40FN3O4S. The lowest BCUT2D eigenvalue weighted by atomic mass is 10.0. The van der Waals surface area contributed by atoms with Gasteiger partial charge in [0.2, 0.25) is 11.8 Å². The summed E-state index contributed by atoms with van der Waals surface area (Å²) in [4.78, 5) is 29.7. The van der Waals surface area contributed by atoms with E-state index in [1.165, 1.54) is 17.0 Å². The molecule has 4 aromatic rings. The number of sulfonamides is 1. The lowest BCUT2D eigenvalue weighted by molar-refractivity contribution is -0.140. The minimum absolute atomic E-state index is 0.0862. The highest BCUT2D eigenvalue weighted by molar-refractivity contribution is 7.92. The minimum atomic E-state index is -4.30. The van der Waals surface area contributed by atoms with Crippen LogP contribution in [0.4, 0.5) is 10.1 Å². The van der Waals surface area contributed by atoms with Gasteiger partial charge in [-0.1, -0.05) is 84.8 Å². The summed E-state index contributed by atoms with van der Waals surface area (Å²) in [5, 5.41) is 3.03. The molecule has 0 saturated heterocycles. The Balaban J connectivity index is 1.80. The monoisotopic (exact) mass is 629 g/mol. The first-order chi connectivity index (χ1) is 21.5. The van der Waals surface area contributed by atoms with E-state index >= 15 is 0 Å². The number of amides is 2. The molecule has 7 nitrogen and oxygen atoms in total. The van der Waals surface area contributed by atoms with Gasteiger partial charge in [0.05, 0.1) is 10.6 Å². The Morgan fingerprint density at radius 3 is 1.96 bits per heavy atom. The van der Waals surface area contributed by atoms with Crippen LogP contribution in [0.25, 0.3) is 0 Å². The molecule has 0 saturated carbocycles. The van der Waals surface area contributed by atoms with Crippen molar-refractivity contribution in [1.82, 2.24) is 10.2 Å². The third kappa shape index (κ3) is 8.79. The molecule has 0 radical (unpaired) electrons. The van der Waals surface area contributed by atoms with E-state index in [2.05, 4.69) is 5.32 Å². The van der Waals surface area contributed by atoms with Gasteiger partial charge < -0.3 is 10.2 Å². The average Bonchev–Trinajstić information content (AvgIpc) is 3.03. The number of rotatable bonds is 13. The zero-order valence-corrected chi connectivity index (χ0v) is 26.9.